The van der Waals surface area contributed by atoms with Crippen molar-refractivity contribution in [2.75, 3.05) is 56.7 Å². The molecule has 0 radical (unpaired) electrons. The standard InChI is InChI=1S/C26H34FN3O/c1-26-13-15-29(14-5-8-24(31-3)19-9-11-20(27)12-10-19)18-22(26)21-6-4-7-23-25(21)30(26)17-16-28(23)2/h4,6-7,9-12,22,24H,5,8,13-18H2,1-3H3/t22-,24?,26-/m0/s1. The molecule has 5 heteroatoms. The van der Waals surface area contributed by atoms with Crippen molar-refractivity contribution >= 4 is 11.4 Å². The van der Waals surface area contributed by atoms with Gasteiger partial charge in [-0.3, -0.25) is 0 Å². The number of hydrogen-bond donors (Lipinski definition) is 0. The van der Waals surface area contributed by atoms with Gasteiger partial charge in [-0.15, -0.1) is 0 Å². The van der Waals surface area contributed by atoms with Gasteiger partial charge in [-0.1, -0.05) is 24.3 Å². The Labute approximate surface area is 185 Å². The van der Waals surface area contributed by atoms with Crippen molar-refractivity contribution in [3.63, 3.8) is 0 Å². The number of likely N-dealkylation sites (N-methyl/N-ethyl adjacent to an activating group) is 1. The Hall–Kier alpha value is -2.11. The first-order valence-corrected chi connectivity index (χ1v) is 11.6. The van der Waals surface area contributed by atoms with Crippen LogP contribution in [-0.2, 0) is 4.74 Å². The van der Waals surface area contributed by atoms with Crippen LogP contribution in [0.4, 0.5) is 15.8 Å². The third-order valence-corrected chi connectivity index (χ3v) is 7.97. The second-order valence-corrected chi connectivity index (χ2v) is 9.67. The van der Waals surface area contributed by atoms with Crippen LogP contribution in [0.25, 0.3) is 0 Å². The normalized spacial score (nSPS) is 26.0. The molecule has 1 fully saturated rings. The summed E-state index contributed by atoms with van der Waals surface area (Å²) in [6, 6.07) is 13.6. The lowest BCUT2D eigenvalue weighted by atomic mass is 9.78. The Bertz CT molecular complexity index is 933. The zero-order valence-corrected chi connectivity index (χ0v) is 19.0. The van der Waals surface area contributed by atoms with Crippen LogP contribution in [0.15, 0.2) is 42.5 Å². The van der Waals surface area contributed by atoms with E-state index < -0.39 is 0 Å². The monoisotopic (exact) mass is 423 g/mol. The Kier molecular flexibility index (Phi) is 5.43. The summed E-state index contributed by atoms with van der Waals surface area (Å²) in [6.45, 7) is 8.07. The number of para-hydroxylation sites is 1. The number of benzene rings is 2. The average molecular weight is 424 g/mol. The quantitative estimate of drug-likeness (QED) is 0.664. The number of methoxy groups -OCH3 is 1. The van der Waals surface area contributed by atoms with E-state index in [2.05, 4.69) is 46.9 Å². The zero-order chi connectivity index (χ0) is 21.6. The Balaban J connectivity index is 1.26. The predicted molar refractivity (Wildman–Crippen MR) is 125 cm³/mol. The van der Waals surface area contributed by atoms with Crippen molar-refractivity contribution in [1.29, 1.82) is 0 Å². The van der Waals surface area contributed by atoms with Crippen molar-refractivity contribution in [2.45, 2.75) is 43.7 Å². The van der Waals surface area contributed by atoms with Crippen molar-refractivity contribution in [1.82, 2.24) is 4.90 Å². The molecule has 0 aliphatic carbocycles. The lowest BCUT2D eigenvalue weighted by Crippen LogP contribution is -2.57. The maximum atomic E-state index is 13.2. The van der Waals surface area contributed by atoms with Gasteiger partial charge in [0, 0.05) is 51.8 Å². The number of nitrogens with zero attached hydrogens (tertiary/aromatic N) is 3. The molecule has 31 heavy (non-hydrogen) atoms. The molecule has 0 N–H and O–H groups in total. The van der Waals surface area contributed by atoms with Gasteiger partial charge in [0.15, 0.2) is 0 Å². The minimum absolute atomic E-state index is 0.0329. The van der Waals surface area contributed by atoms with Crippen LogP contribution in [0.3, 0.4) is 0 Å². The number of hydrogen-bond acceptors (Lipinski definition) is 4. The molecule has 0 amide bonds. The summed E-state index contributed by atoms with van der Waals surface area (Å²) in [6.07, 6.45) is 3.28. The summed E-state index contributed by atoms with van der Waals surface area (Å²) in [5, 5.41) is 0. The summed E-state index contributed by atoms with van der Waals surface area (Å²) >= 11 is 0. The number of anilines is 2. The van der Waals surface area contributed by atoms with Crippen molar-refractivity contribution in [2.24, 2.45) is 0 Å². The van der Waals surface area contributed by atoms with E-state index in [0.717, 1.165) is 51.1 Å². The summed E-state index contributed by atoms with van der Waals surface area (Å²) in [5.41, 5.74) is 5.72. The first-order valence-electron chi connectivity index (χ1n) is 11.6. The fraction of sp³-hybridized carbons (Fsp3) is 0.538. The van der Waals surface area contributed by atoms with Gasteiger partial charge in [0.05, 0.1) is 17.5 Å². The predicted octanol–water partition coefficient (Wildman–Crippen LogP) is 4.81. The molecule has 0 saturated carbocycles. The number of ether oxygens (including phenoxy) is 1. The van der Waals surface area contributed by atoms with E-state index >= 15 is 0 Å². The topological polar surface area (TPSA) is 19.0 Å². The van der Waals surface area contributed by atoms with Crippen LogP contribution in [0.1, 0.15) is 49.3 Å². The molecule has 3 atom stereocenters. The minimum Gasteiger partial charge on any atom is -0.377 e. The smallest absolute Gasteiger partial charge is 0.123 e. The maximum Gasteiger partial charge on any atom is 0.123 e. The molecule has 1 saturated heterocycles. The molecule has 4 nitrogen and oxygen atoms in total. The molecular formula is C26H34FN3O. The number of likely N-dealkylation sites (tertiary alicyclic amines) is 1. The number of fused-ring (bicyclic) bond motifs is 3. The van der Waals surface area contributed by atoms with E-state index in [4.69, 9.17) is 4.74 Å². The molecule has 1 unspecified atom stereocenters. The van der Waals surface area contributed by atoms with E-state index in [-0.39, 0.29) is 17.5 Å². The largest absolute Gasteiger partial charge is 0.377 e. The molecule has 5 rings (SSSR count). The highest BCUT2D eigenvalue weighted by molar-refractivity contribution is 5.81. The van der Waals surface area contributed by atoms with E-state index in [1.165, 1.54) is 35.5 Å². The van der Waals surface area contributed by atoms with Crippen LogP contribution < -0.4 is 9.80 Å². The highest BCUT2D eigenvalue weighted by Gasteiger charge is 2.52. The van der Waals surface area contributed by atoms with Gasteiger partial charge in [0.1, 0.15) is 5.82 Å². The molecule has 2 aromatic carbocycles. The van der Waals surface area contributed by atoms with Crippen molar-refractivity contribution in [3.05, 3.63) is 59.4 Å². The van der Waals surface area contributed by atoms with Crippen LogP contribution in [0.5, 0.6) is 0 Å². The fourth-order valence-corrected chi connectivity index (χ4v) is 6.09. The summed E-state index contributed by atoms with van der Waals surface area (Å²) in [4.78, 5) is 7.77. The highest BCUT2D eigenvalue weighted by atomic mass is 19.1. The Morgan fingerprint density at radius 2 is 1.94 bits per heavy atom. The molecule has 3 aliphatic rings. The molecular weight excluding hydrogens is 389 g/mol. The summed E-state index contributed by atoms with van der Waals surface area (Å²) in [5.74, 6) is 0.372. The molecule has 166 valence electrons. The number of halogens is 1. The van der Waals surface area contributed by atoms with E-state index in [1.54, 1.807) is 7.11 Å². The fourth-order valence-electron chi connectivity index (χ4n) is 6.09. The first kappa shape index (κ1) is 20.8. The Morgan fingerprint density at radius 1 is 1.13 bits per heavy atom. The van der Waals surface area contributed by atoms with E-state index in [0.29, 0.717) is 5.92 Å². The van der Waals surface area contributed by atoms with Gasteiger partial charge in [-0.05, 0) is 62.1 Å². The van der Waals surface area contributed by atoms with Crippen LogP contribution in [-0.4, -0.2) is 57.3 Å². The molecule has 3 aliphatic heterocycles. The van der Waals surface area contributed by atoms with Crippen LogP contribution in [0, 0.1) is 5.82 Å². The first-order chi connectivity index (χ1) is 15.0. The summed E-state index contributed by atoms with van der Waals surface area (Å²) in [7, 11) is 3.97. The van der Waals surface area contributed by atoms with E-state index in [9.17, 15) is 4.39 Å². The van der Waals surface area contributed by atoms with Crippen molar-refractivity contribution in [3.8, 4) is 0 Å². The SMILES string of the molecule is COC(CCCN1CC[C@@]2(C)[C@@H](C1)c1cccc3c1N2CCN3C)c1ccc(F)cc1. The third kappa shape index (κ3) is 3.52. The van der Waals surface area contributed by atoms with Gasteiger partial charge >= 0.3 is 0 Å². The lowest BCUT2D eigenvalue weighted by Gasteiger charge is -2.49. The maximum absolute atomic E-state index is 13.2. The highest BCUT2D eigenvalue weighted by Crippen LogP contribution is 2.55. The number of rotatable bonds is 6. The van der Waals surface area contributed by atoms with Crippen molar-refractivity contribution < 1.29 is 9.13 Å². The lowest BCUT2D eigenvalue weighted by molar-refractivity contribution is 0.0851. The van der Waals surface area contributed by atoms with Gasteiger partial charge in [0.25, 0.3) is 0 Å². The van der Waals surface area contributed by atoms with Gasteiger partial charge in [-0.2, -0.15) is 0 Å². The molecule has 0 bridgehead atoms. The van der Waals surface area contributed by atoms with Gasteiger partial charge < -0.3 is 19.4 Å². The Morgan fingerprint density at radius 3 is 2.71 bits per heavy atom. The average Bonchev–Trinajstić information content (AvgIpc) is 3.03. The van der Waals surface area contributed by atoms with Crippen LogP contribution >= 0.6 is 0 Å². The summed E-state index contributed by atoms with van der Waals surface area (Å²) < 4.78 is 18.9. The molecule has 0 spiro atoms. The minimum atomic E-state index is -0.195. The van der Waals surface area contributed by atoms with E-state index in [1.807, 2.05) is 12.1 Å². The van der Waals surface area contributed by atoms with Crippen LogP contribution in [0.2, 0.25) is 0 Å². The zero-order valence-electron chi connectivity index (χ0n) is 19.0. The molecule has 0 aromatic heterocycles. The van der Waals surface area contributed by atoms with Gasteiger partial charge in [-0.25, -0.2) is 4.39 Å². The second kappa shape index (κ2) is 8.10. The second-order valence-electron chi connectivity index (χ2n) is 9.67. The van der Waals surface area contributed by atoms with Gasteiger partial charge in [0.2, 0.25) is 0 Å². The third-order valence-electron chi connectivity index (χ3n) is 7.97. The molecule has 3 heterocycles. The molecule has 2 aromatic rings. The number of piperidine rings is 1.